The van der Waals surface area contributed by atoms with Crippen molar-refractivity contribution in [1.82, 2.24) is 19.9 Å². The van der Waals surface area contributed by atoms with Crippen LogP contribution in [0.1, 0.15) is 22.5 Å². The highest BCUT2D eigenvalue weighted by atomic mass is 35.5. The summed E-state index contributed by atoms with van der Waals surface area (Å²) < 4.78 is 5.41. The molecule has 0 aliphatic heterocycles. The molecule has 8 heteroatoms. The Balaban J connectivity index is 1.66. The zero-order valence-corrected chi connectivity index (χ0v) is 17.5. The fourth-order valence-electron chi connectivity index (χ4n) is 3.29. The largest absolute Gasteiger partial charge is 0.494 e. The summed E-state index contributed by atoms with van der Waals surface area (Å²) in [4.78, 5) is 29.0. The Hall–Kier alpha value is -3.45. The van der Waals surface area contributed by atoms with Gasteiger partial charge in [0.15, 0.2) is 0 Å². The number of rotatable bonds is 5. The number of fused-ring (bicyclic) bond motifs is 1. The van der Waals surface area contributed by atoms with Crippen LogP contribution in [-0.2, 0) is 6.42 Å². The van der Waals surface area contributed by atoms with Gasteiger partial charge in [-0.1, -0.05) is 35.9 Å². The molecule has 0 bridgehead atoms. The van der Waals surface area contributed by atoms with Crippen LogP contribution in [0.4, 0.5) is 11.9 Å². The van der Waals surface area contributed by atoms with Crippen molar-refractivity contribution in [3.8, 4) is 5.75 Å². The molecule has 0 saturated heterocycles. The summed E-state index contributed by atoms with van der Waals surface area (Å²) in [5.41, 5.74) is 3.48. The lowest BCUT2D eigenvalue weighted by atomic mass is 10.1. The van der Waals surface area contributed by atoms with Crippen molar-refractivity contribution < 1.29 is 4.74 Å². The number of aryl methyl sites for hydroxylation is 2. The summed E-state index contributed by atoms with van der Waals surface area (Å²) >= 11 is 5.93. The van der Waals surface area contributed by atoms with Gasteiger partial charge in [-0.15, -0.1) is 0 Å². The van der Waals surface area contributed by atoms with Crippen LogP contribution in [0.25, 0.3) is 10.9 Å². The normalized spacial score (nSPS) is 10.9. The van der Waals surface area contributed by atoms with E-state index in [4.69, 9.17) is 16.3 Å². The zero-order valence-electron chi connectivity index (χ0n) is 16.8. The van der Waals surface area contributed by atoms with Crippen LogP contribution in [0, 0.1) is 13.8 Å². The predicted octanol–water partition coefficient (Wildman–Crippen LogP) is 4.33. The Morgan fingerprint density at radius 3 is 2.50 bits per heavy atom. The summed E-state index contributed by atoms with van der Waals surface area (Å²) in [5.74, 6) is 1.26. The Morgan fingerprint density at radius 1 is 1.03 bits per heavy atom. The van der Waals surface area contributed by atoms with E-state index in [1.54, 1.807) is 26.2 Å². The van der Waals surface area contributed by atoms with E-state index in [9.17, 15) is 4.79 Å². The Bertz CT molecular complexity index is 1290. The van der Waals surface area contributed by atoms with Gasteiger partial charge in [-0.3, -0.25) is 15.1 Å². The first kappa shape index (κ1) is 19.8. The number of hydrogen-bond acceptors (Lipinski definition) is 6. The summed E-state index contributed by atoms with van der Waals surface area (Å²) in [5, 5.41) is 4.56. The predicted molar refractivity (Wildman–Crippen MR) is 118 cm³/mol. The minimum Gasteiger partial charge on any atom is -0.494 e. The first-order chi connectivity index (χ1) is 14.4. The number of ether oxygens (including phenoxy) is 1. The molecule has 2 heterocycles. The van der Waals surface area contributed by atoms with Crippen molar-refractivity contribution in [1.29, 1.82) is 0 Å². The maximum Gasteiger partial charge on any atom is 0.256 e. The van der Waals surface area contributed by atoms with Crippen LogP contribution in [-0.4, -0.2) is 27.0 Å². The monoisotopic (exact) mass is 421 g/mol. The highest BCUT2D eigenvalue weighted by Gasteiger charge is 2.13. The molecule has 2 aromatic heterocycles. The van der Waals surface area contributed by atoms with Crippen molar-refractivity contribution >= 4 is 34.4 Å². The highest BCUT2D eigenvalue weighted by molar-refractivity contribution is 6.30. The van der Waals surface area contributed by atoms with Crippen molar-refractivity contribution in [3.63, 3.8) is 0 Å². The number of para-hydroxylation sites is 1. The minimum absolute atomic E-state index is 0.213. The standard InChI is InChI=1S/C22H20ClN5O2/c1-12-16-5-4-6-18(30-3)19(16)26-21(24-12)28-22-25-13(2)17(20(29)27-22)11-14-7-9-15(23)10-8-14/h4-10H,11H2,1-3H3,(H2,24,25,26,27,28,29). The molecule has 30 heavy (non-hydrogen) atoms. The van der Waals surface area contributed by atoms with E-state index >= 15 is 0 Å². The van der Waals surface area contributed by atoms with E-state index in [-0.39, 0.29) is 11.5 Å². The Morgan fingerprint density at radius 2 is 1.80 bits per heavy atom. The molecule has 0 unspecified atom stereocenters. The molecular formula is C22H20ClN5O2. The lowest BCUT2D eigenvalue weighted by Crippen LogP contribution is -2.19. The maximum absolute atomic E-state index is 12.7. The SMILES string of the molecule is COc1cccc2c(C)nc(Nc3nc(C)c(Cc4ccc(Cl)cc4)c(=O)[nH]3)nc12. The number of aromatic nitrogens is 4. The first-order valence-corrected chi connectivity index (χ1v) is 9.75. The van der Waals surface area contributed by atoms with Crippen molar-refractivity contribution in [2.24, 2.45) is 0 Å². The van der Waals surface area contributed by atoms with E-state index in [0.717, 1.165) is 16.6 Å². The molecule has 2 N–H and O–H groups in total. The van der Waals surface area contributed by atoms with Gasteiger partial charge in [-0.25, -0.2) is 15.0 Å². The molecule has 0 aliphatic carbocycles. The molecule has 0 radical (unpaired) electrons. The van der Waals surface area contributed by atoms with Crippen LogP contribution in [0.15, 0.2) is 47.3 Å². The van der Waals surface area contributed by atoms with Crippen molar-refractivity contribution in [3.05, 3.63) is 80.4 Å². The number of aromatic amines is 1. The van der Waals surface area contributed by atoms with E-state index in [1.807, 2.05) is 37.3 Å². The second kappa shape index (κ2) is 8.12. The van der Waals surface area contributed by atoms with Gasteiger partial charge in [-0.2, -0.15) is 0 Å². The van der Waals surface area contributed by atoms with Crippen LogP contribution in [0.5, 0.6) is 5.75 Å². The molecule has 0 fully saturated rings. The van der Waals surface area contributed by atoms with Gasteiger partial charge in [0, 0.05) is 22.4 Å². The quantitative estimate of drug-likeness (QED) is 0.498. The third kappa shape index (κ3) is 3.97. The molecular weight excluding hydrogens is 402 g/mol. The van der Waals surface area contributed by atoms with Gasteiger partial charge >= 0.3 is 0 Å². The molecule has 2 aromatic carbocycles. The third-order valence-electron chi connectivity index (χ3n) is 4.85. The second-order valence-corrected chi connectivity index (χ2v) is 7.33. The number of halogens is 1. The smallest absolute Gasteiger partial charge is 0.256 e. The third-order valence-corrected chi connectivity index (χ3v) is 5.10. The highest BCUT2D eigenvalue weighted by Crippen LogP contribution is 2.26. The number of benzene rings is 2. The van der Waals surface area contributed by atoms with Crippen molar-refractivity contribution in [2.45, 2.75) is 20.3 Å². The second-order valence-electron chi connectivity index (χ2n) is 6.90. The van der Waals surface area contributed by atoms with Crippen LogP contribution >= 0.6 is 11.6 Å². The van der Waals surface area contributed by atoms with E-state index in [1.165, 1.54) is 0 Å². The zero-order chi connectivity index (χ0) is 21.3. The van der Waals surface area contributed by atoms with Crippen molar-refractivity contribution in [2.75, 3.05) is 12.4 Å². The average molecular weight is 422 g/mol. The topological polar surface area (TPSA) is 92.8 Å². The van der Waals surface area contributed by atoms with Gasteiger partial charge in [0.05, 0.1) is 18.5 Å². The maximum atomic E-state index is 12.7. The molecule has 0 spiro atoms. The number of methoxy groups -OCH3 is 1. The molecule has 152 valence electrons. The van der Waals surface area contributed by atoms with Crippen LogP contribution in [0.3, 0.4) is 0 Å². The molecule has 0 saturated carbocycles. The number of nitrogens with one attached hydrogen (secondary N) is 2. The number of H-pyrrole nitrogens is 1. The van der Waals surface area contributed by atoms with E-state index in [2.05, 4.69) is 25.3 Å². The number of hydrogen-bond donors (Lipinski definition) is 2. The average Bonchev–Trinajstić information content (AvgIpc) is 2.72. The molecule has 7 nitrogen and oxygen atoms in total. The fraction of sp³-hybridized carbons (Fsp3) is 0.182. The molecule has 4 rings (SSSR count). The molecule has 0 aliphatic rings. The van der Waals surface area contributed by atoms with Gasteiger partial charge in [0.1, 0.15) is 11.3 Å². The first-order valence-electron chi connectivity index (χ1n) is 9.37. The summed E-state index contributed by atoms with van der Waals surface area (Å²) in [7, 11) is 1.60. The summed E-state index contributed by atoms with van der Waals surface area (Å²) in [6.07, 6.45) is 0.467. The molecule has 4 aromatic rings. The summed E-state index contributed by atoms with van der Waals surface area (Å²) in [6.45, 7) is 3.70. The van der Waals surface area contributed by atoms with E-state index in [0.29, 0.717) is 39.9 Å². The minimum atomic E-state index is -0.213. The number of nitrogens with zero attached hydrogens (tertiary/aromatic N) is 3. The number of anilines is 2. The lowest BCUT2D eigenvalue weighted by molar-refractivity contribution is 0.419. The Labute approximate surface area is 178 Å². The van der Waals surface area contributed by atoms with Gasteiger partial charge in [0.25, 0.3) is 5.56 Å². The lowest BCUT2D eigenvalue weighted by Gasteiger charge is -2.11. The molecule has 0 atom stereocenters. The van der Waals surface area contributed by atoms with E-state index < -0.39 is 0 Å². The van der Waals surface area contributed by atoms with Gasteiger partial charge in [-0.05, 0) is 37.6 Å². The summed E-state index contributed by atoms with van der Waals surface area (Å²) in [6, 6.07) is 13.1. The molecule has 0 amide bonds. The Kier molecular flexibility index (Phi) is 5.37. The van der Waals surface area contributed by atoms with Gasteiger partial charge in [0.2, 0.25) is 11.9 Å². The van der Waals surface area contributed by atoms with Crippen LogP contribution in [0.2, 0.25) is 5.02 Å². The fourth-order valence-corrected chi connectivity index (χ4v) is 3.42. The van der Waals surface area contributed by atoms with Crippen LogP contribution < -0.4 is 15.6 Å². The van der Waals surface area contributed by atoms with Gasteiger partial charge < -0.3 is 4.74 Å².